The molecule has 4 amide bonds. The van der Waals surface area contributed by atoms with Gasteiger partial charge in [-0.05, 0) is 68.1 Å². The Morgan fingerprint density at radius 3 is 2.51 bits per heavy atom. The lowest BCUT2D eigenvalue weighted by atomic mass is 10.1. The van der Waals surface area contributed by atoms with Gasteiger partial charge in [-0.1, -0.05) is 44.5 Å². The number of benzene rings is 2. The molecule has 47 heavy (non-hydrogen) atoms. The summed E-state index contributed by atoms with van der Waals surface area (Å²) >= 11 is 5.88. The summed E-state index contributed by atoms with van der Waals surface area (Å²) in [6.45, 7) is 11.8. The van der Waals surface area contributed by atoms with Gasteiger partial charge in [0.1, 0.15) is 12.4 Å². The van der Waals surface area contributed by atoms with Crippen LogP contribution in [0.1, 0.15) is 63.0 Å². The van der Waals surface area contributed by atoms with Gasteiger partial charge in [-0.3, -0.25) is 23.9 Å². The number of amides is 4. The van der Waals surface area contributed by atoms with Gasteiger partial charge in [-0.2, -0.15) is 5.10 Å². The maximum atomic E-state index is 14.4. The van der Waals surface area contributed by atoms with Crippen molar-refractivity contribution >= 4 is 60.1 Å². The number of hydrogen-bond donors (Lipinski definition) is 3. The number of anilines is 1. The Kier molecular flexibility index (Phi) is 11.1. The molecule has 11 nitrogen and oxygen atoms in total. The number of carbonyl (C=O) groups excluding carboxylic acids is 4. The molecule has 1 fully saturated rings. The molecule has 254 valence electrons. The Bertz CT molecular complexity index is 1670. The predicted molar refractivity (Wildman–Crippen MR) is 182 cm³/mol. The van der Waals surface area contributed by atoms with E-state index in [1.807, 2.05) is 0 Å². The number of hydrogen-bond acceptors (Lipinski definition) is 6. The average molecular weight is 687 g/mol. The highest BCUT2D eigenvalue weighted by Crippen LogP contribution is 2.37. The molecular formula is C33H44ClFN6O5Si. The minimum atomic E-state index is -2.19. The smallest absolute Gasteiger partial charge is 0.269 e. The lowest BCUT2D eigenvalue weighted by Gasteiger charge is -2.38. The van der Waals surface area contributed by atoms with E-state index in [1.54, 1.807) is 31.2 Å². The van der Waals surface area contributed by atoms with Crippen LogP contribution in [0, 0.1) is 11.7 Å². The molecule has 0 bridgehead atoms. The third-order valence-corrected chi connectivity index (χ3v) is 13.7. The van der Waals surface area contributed by atoms with Gasteiger partial charge < -0.3 is 25.7 Å². The molecule has 2 aromatic carbocycles. The number of carbonyl (C=O) groups is 4. The van der Waals surface area contributed by atoms with Gasteiger partial charge in [0.2, 0.25) is 17.7 Å². The first-order valence-corrected chi connectivity index (χ1v) is 19.0. The Morgan fingerprint density at radius 1 is 1.17 bits per heavy atom. The number of nitrogens with zero attached hydrogens (tertiary/aromatic N) is 3. The van der Waals surface area contributed by atoms with E-state index in [-0.39, 0.29) is 53.5 Å². The topological polar surface area (TPSA) is 149 Å². The van der Waals surface area contributed by atoms with Crippen molar-refractivity contribution in [2.45, 2.75) is 84.2 Å². The van der Waals surface area contributed by atoms with E-state index in [0.717, 1.165) is 12.8 Å². The van der Waals surface area contributed by atoms with Gasteiger partial charge in [0, 0.05) is 29.6 Å². The number of nitrogens with two attached hydrogens (primary N) is 1. The van der Waals surface area contributed by atoms with E-state index < -0.39 is 37.9 Å². The van der Waals surface area contributed by atoms with E-state index in [0.29, 0.717) is 28.9 Å². The summed E-state index contributed by atoms with van der Waals surface area (Å²) < 4.78 is 22.2. The molecule has 14 heteroatoms. The van der Waals surface area contributed by atoms with Crippen molar-refractivity contribution in [1.82, 2.24) is 20.0 Å². The molecule has 1 aliphatic carbocycles. The summed E-state index contributed by atoms with van der Waals surface area (Å²) in [4.78, 5) is 53.2. The Labute approximate surface area is 280 Å². The van der Waals surface area contributed by atoms with Crippen LogP contribution in [0.25, 0.3) is 10.9 Å². The molecule has 0 saturated heterocycles. The molecule has 4 rings (SSSR count). The lowest BCUT2D eigenvalue weighted by molar-refractivity contribution is -0.139. The third kappa shape index (κ3) is 9.17. The second-order valence-electron chi connectivity index (χ2n) is 13.7. The fourth-order valence-corrected chi connectivity index (χ4v) is 6.07. The van der Waals surface area contributed by atoms with Crippen molar-refractivity contribution in [3.63, 3.8) is 0 Å². The number of nitrogens with one attached hydrogen (secondary N) is 2. The van der Waals surface area contributed by atoms with Crippen LogP contribution in [0.15, 0.2) is 36.4 Å². The second-order valence-corrected chi connectivity index (χ2v) is 18.9. The molecule has 0 spiro atoms. The molecule has 0 radical (unpaired) electrons. The van der Waals surface area contributed by atoms with Crippen LogP contribution in [-0.4, -0.2) is 65.8 Å². The summed E-state index contributed by atoms with van der Waals surface area (Å²) in [5.41, 5.74) is 6.75. The van der Waals surface area contributed by atoms with Crippen LogP contribution in [-0.2, 0) is 31.9 Å². The first-order chi connectivity index (χ1) is 22.0. The van der Waals surface area contributed by atoms with E-state index in [4.69, 9.17) is 21.8 Å². The third-order valence-electron chi connectivity index (χ3n) is 8.89. The minimum Gasteiger partial charge on any atom is -0.415 e. The maximum Gasteiger partial charge on any atom is 0.269 e. The highest BCUT2D eigenvalue weighted by atomic mass is 35.5. The van der Waals surface area contributed by atoms with E-state index in [9.17, 15) is 23.6 Å². The molecule has 1 saturated carbocycles. The van der Waals surface area contributed by atoms with Crippen molar-refractivity contribution in [2.24, 2.45) is 11.7 Å². The fourth-order valence-electron chi connectivity index (χ4n) is 4.79. The van der Waals surface area contributed by atoms with Crippen LogP contribution >= 0.6 is 11.6 Å². The maximum absolute atomic E-state index is 14.4. The monoisotopic (exact) mass is 686 g/mol. The largest absolute Gasteiger partial charge is 0.415 e. The van der Waals surface area contributed by atoms with Gasteiger partial charge >= 0.3 is 0 Å². The van der Waals surface area contributed by atoms with Gasteiger partial charge in [-0.15, -0.1) is 0 Å². The quantitative estimate of drug-likeness (QED) is 0.198. The minimum absolute atomic E-state index is 0.0479. The molecule has 1 atom stereocenters. The van der Waals surface area contributed by atoms with Crippen LogP contribution in [0.4, 0.5) is 10.1 Å². The lowest BCUT2D eigenvalue weighted by Crippen LogP contribution is -2.50. The zero-order valence-electron chi connectivity index (χ0n) is 27.8. The van der Waals surface area contributed by atoms with Crippen molar-refractivity contribution in [3.05, 3.63) is 58.5 Å². The van der Waals surface area contributed by atoms with Crippen LogP contribution in [0.5, 0.6) is 0 Å². The highest BCUT2D eigenvalue weighted by Gasteiger charge is 2.38. The average Bonchev–Trinajstić information content (AvgIpc) is 3.73. The van der Waals surface area contributed by atoms with Crippen LogP contribution in [0.2, 0.25) is 23.2 Å². The van der Waals surface area contributed by atoms with Crippen LogP contribution < -0.4 is 16.4 Å². The normalized spacial score (nSPS) is 14.1. The Balaban J connectivity index is 1.56. The van der Waals surface area contributed by atoms with Crippen molar-refractivity contribution in [2.75, 3.05) is 18.5 Å². The van der Waals surface area contributed by atoms with Gasteiger partial charge in [0.25, 0.3) is 5.91 Å². The number of fused-ring (bicyclic) bond motifs is 1. The molecular weight excluding hydrogens is 643 g/mol. The number of primary amides is 1. The second kappa shape index (κ2) is 14.5. The van der Waals surface area contributed by atoms with Gasteiger partial charge in [-0.25, -0.2) is 4.39 Å². The SMILES string of the molecule is CC(CO[Si](C)(C)C(C)(C)C)N(CC(=O)NCc1cccc(Cl)c1F)C(=O)Cn1nc(C(N)=O)c2cc(NC(=O)CC3CC3)ccc21. The summed E-state index contributed by atoms with van der Waals surface area (Å²) in [5.74, 6) is -2.08. The summed E-state index contributed by atoms with van der Waals surface area (Å²) in [6, 6.07) is 8.96. The van der Waals surface area contributed by atoms with Crippen molar-refractivity contribution in [3.8, 4) is 0 Å². The van der Waals surface area contributed by atoms with Gasteiger partial charge in [0.15, 0.2) is 14.0 Å². The zero-order chi connectivity index (χ0) is 34.7. The van der Waals surface area contributed by atoms with E-state index >= 15 is 0 Å². The Morgan fingerprint density at radius 2 is 1.87 bits per heavy atom. The molecule has 1 unspecified atom stereocenters. The summed E-state index contributed by atoms with van der Waals surface area (Å²) in [6.07, 6.45) is 2.52. The number of aromatic nitrogens is 2. The Hall–Kier alpha value is -3.81. The molecule has 1 aliphatic rings. The van der Waals surface area contributed by atoms with E-state index in [1.165, 1.54) is 21.7 Å². The zero-order valence-corrected chi connectivity index (χ0v) is 29.5. The van der Waals surface area contributed by atoms with E-state index in [2.05, 4.69) is 49.6 Å². The molecule has 0 aliphatic heterocycles. The number of halogens is 2. The number of rotatable bonds is 14. The highest BCUT2D eigenvalue weighted by molar-refractivity contribution is 6.74. The standard InChI is InChI=1S/C33H44ClFN6O5Si/c1-20(19-46-47(5,6)33(2,3)4)40(17-28(43)37-16-22-8-7-9-25(34)30(22)35)29(44)18-41-26-13-12-23(38-27(42)14-21-10-11-21)15-24(26)31(39-41)32(36)45/h7-9,12-13,15,20-21H,10-11,14,16-19H2,1-6H3,(H2,36,45)(H,37,43)(H,38,42). The summed E-state index contributed by atoms with van der Waals surface area (Å²) in [7, 11) is -2.19. The summed E-state index contributed by atoms with van der Waals surface area (Å²) in [5, 5.41) is 10.1. The van der Waals surface area contributed by atoms with Crippen molar-refractivity contribution in [1.29, 1.82) is 0 Å². The fraction of sp³-hybridized carbons (Fsp3) is 0.485. The molecule has 4 N–H and O–H groups in total. The first-order valence-electron chi connectivity index (χ1n) is 15.7. The first kappa shape index (κ1) is 36.0. The van der Waals surface area contributed by atoms with Crippen LogP contribution in [0.3, 0.4) is 0 Å². The van der Waals surface area contributed by atoms with Gasteiger partial charge in [0.05, 0.1) is 29.7 Å². The molecule has 1 aromatic heterocycles. The van der Waals surface area contributed by atoms with Crippen molar-refractivity contribution < 1.29 is 28.0 Å². The molecule has 3 aromatic rings. The molecule has 1 heterocycles. The predicted octanol–water partition coefficient (Wildman–Crippen LogP) is 5.22.